The van der Waals surface area contributed by atoms with Gasteiger partial charge in [-0.15, -0.1) is 6.42 Å². The lowest BCUT2D eigenvalue weighted by Crippen LogP contribution is -2.49. The number of hydrogen-bond donors (Lipinski definition) is 2. The molecule has 32 heavy (non-hydrogen) atoms. The van der Waals surface area contributed by atoms with Gasteiger partial charge >= 0.3 is 12.1 Å². The van der Waals surface area contributed by atoms with Gasteiger partial charge in [-0.2, -0.15) is 13.2 Å². The van der Waals surface area contributed by atoms with Gasteiger partial charge in [0.15, 0.2) is 0 Å². The number of carboxylic acid groups (broad SMARTS) is 1. The van der Waals surface area contributed by atoms with Crippen LogP contribution in [0.25, 0.3) is 0 Å². The van der Waals surface area contributed by atoms with Crippen molar-refractivity contribution in [2.24, 2.45) is 5.41 Å². The summed E-state index contributed by atoms with van der Waals surface area (Å²) in [6, 6.07) is 4.72. The van der Waals surface area contributed by atoms with Gasteiger partial charge in [-0.3, -0.25) is 0 Å². The molecular formula is C25H27F3O4. The molecule has 0 heterocycles. The SMILES string of the molecule is C#CC(O[C@@H]1C=C(C)[C@](O)(/C=C/C(C)=C\C(=O)O)C(C)(C)C1)c1cccc(C(F)(F)F)c1. The highest BCUT2D eigenvalue weighted by Gasteiger charge is 2.47. The molecule has 1 aromatic rings. The van der Waals surface area contributed by atoms with Gasteiger partial charge in [0.25, 0.3) is 0 Å². The second-order valence-corrected chi connectivity index (χ2v) is 8.61. The Balaban J connectivity index is 2.31. The van der Waals surface area contributed by atoms with E-state index in [1.54, 1.807) is 32.1 Å². The average molecular weight is 448 g/mol. The normalized spacial score (nSPS) is 24.7. The number of rotatable bonds is 6. The van der Waals surface area contributed by atoms with E-state index in [0.29, 0.717) is 17.6 Å². The number of carbonyl (C=O) groups is 1. The summed E-state index contributed by atoms with van der Waals surface area (Å²) in [6.07, 6.45) is 5.71. The minimum Gasteiger partial charge on any atom is -0.478 e. The number of halogens is 3. The van der Waals surface area contributed by atoms with Crippen molar-refractivity contribution in [1.29, 1.82) is 0 Å². The van der Waals surface area contributed by atoms with Crippen molar-refractivity contribution < 1.29 is 32.9 Å². The van der Waals surface area contributed by atoms with E-state index in [0.717, 1.165) is 18.2 Å². The van der Waals surface area contributed by atoms with E-state index in [2.05, 4.69) is 5.92 Å². The van der Waals surface area contributed by atoms with Gasteiger partial charge in [0.2, 0.25) is 0 Å². The van der Waals surface area contributed by atoms with Crippen LogP contribution in [0.2, 0.25) is 0 Å². The van der Waals surface area contributed by atoms with Gasteiger partial charge in [0, 0.05) is 11.5 Å². The minimum absolute atomic E-state index is 0.223. The molecule has 2 N–H and O–H groups in total. The quantitative estimate of drug-likeness (QED) is 0.263. The summed E-state index contributed by atoms with van der Waals surface area (Å²) < 4.78 is 45.1. The maximum atomic E-state index is 13.1. The molecule has 0 bridgehead atoms. The summed E-state index contributed by atoms with van der Waals surface area (Å²) in [7, 11) is 0. The zero-order valence-corrected chi connectivity index (χ0v) is 18.4. The van der Waals surface area contributed by atoms with E-state index >= 15 is 0 Å². The number of alkyl halides is 3. The zero-order valence-electron chi connectivity index (χ0n) is 18.4. The Kier molecular flexibility index (Phi) is 7.44. The van der Waals surface area contributed by atoms with Crippen LogP contribution in [0.1, 0.15) is 51.3 Å². The van der Waals surface area contributed by atoms with Gasteiger partial charge in [0.1, 0.15) is 11.7 Å². The average Bonchev–Trinajstić information content (AvgIpc) is 2.67. The number of aliphatic hydroxyl groups is 1. The van der Waals surface area contributed by atoms with Gasteiger partial charge in [-0.25, -0.2) is 4.79 Å². The maximum Gasteiger partial charge on any atom is 0.416 e. The number of aliphatic carboxylic acids is 1. The van der Waals surface area contributed by atoms with E-state index in [9.17, 15) is 23.1 Å². The number of carboxylic acids is 1. The van der Waals surface area contributed by atoms with Crippen LogP contribution in [0, 0.1) is 17.8 Å². The predicted octanol–water partition coefficient (Wildman–Crippen LogP) is 5.46. The summed E-state index contributed by atoms with van der Waals surface area (Å²) in [6.45, 7) is 6.99. The fourth-order valence-electron chi connectivity index (χ4n) is 3.86. The highest BCUT2D eigenvalue weighted by atomic mass is 19.4. The van der Waals surface area contributed by atoms with Crippen LogP contribution >= 0.6 is 0 Å². The van der Waals surface area contributed by atoms with Crippen LogP contribution in [-0.4, -0.2) is 27.9 Å². The molecule has 0 aliphatic heterocycles. The van der Waals surface area contributed by atoms with E-state index in [-0.39, 0.29) is 5.56 Å². The van der Waals surface area contributed by atoms with Gasteiger partial charge in [-0.1, -0.05) is 44.1 Å². The Hall–Kier alpha value is -2.82. The standard InChI is InChI=1S/C25H27F3O4/c1-6-21(18-8-7-9-19(14-18)25(26,27)28)32-20-13-17(3)24(31,23(4,5)15-20)11-10-16(2)12-22(29)30/h1,7-14,20-21,31H,15H2,2-5H3,(H,29,30)/b11-10+,16-12-/t20-,21?,24-/m1/s1. The third kappa shape index (κ3) is 5.70. The molecule has 1 aliphatic rings. The molecule has 1 aromatic carbocycles. The third-order valence-electron chi connectivity index (χ3n) is 5.70. The first-order chi connectivity index (χ1) is 14.7. The van der Waals surface area contributed by atoms with Gasteiger partial charge < -0.3 is 14.9 Å². The van der Waals surface area contributed by atoms with Crippen molar-refractivity contribution in [2.75, 3.05) is 0 Å². The molecule has 1 aliphatic carbocycles. The second kappa shape index (κ2) is 9.35. The van der Waals surface area contributed by atoms with Crippen LogP contribution in [0.3, 0.4) is 0 Å². The topological polar surface area (TPSA) is 66.8 Å². The Bertz CT molecular complexity index is 995. The highest BCUT2D eigenvalue weighted by Crippen LogP contribution is 2.47. The summed E-state index contributed by atoms with van der Waals surface area (Å²) in [5.74, 6) is 1.32. The summed E-state index contributed by atoms with van der Waals surface area (Å²) in [5.41, 5.74) is -1.66. The first-order valence-electron chi connectivity index (χ1n) is 10.00. The molecule has 0 aromatic heterocycles. The molecule has 0 saturated heterocycles. The summed E-state index contributed by atoms with van der Waals surface area (Å²) in [4.78, 5) is 10.8. The Morgan fingerprint density at radius 1 is 1.38 bits per heavy atom. The Labute approximate surface area is 186 Å². The van der Waals surface area contributed by atoms with Crippen molar-refractivity contribution in [3.05, 3.63) is 70.8 Å². The number of ether oxygens (including phenoxy) is 1. The number of hydrogen-bond acceptors (Lipinski definition) is 3. The highest BCUT2D eigenvalue weighted by molar-refractivity contribution is 5.81. The lowest BCUT2D eigenvalue weighted by Gasteiger charge is -2.47. The fourth-order valence-corrected chi connectivity index (χ4v) is 3.86. The smallest absolute Gasteiger partial charge is 0.416 e. The lowest BCUT2D eigenvalue weighted by molar-refractivity contribution is -0.137. The van der Waals surface area contributed by atoms with Crippen LogP contribution < -0.4 is 0 Å². The number of terminal acetylenes is 1. The molecule has 0 amide bonds. The molecular weight excluding hydrogens is 421 g/mol. The van der Waals surface area contributed by atoms with Gasteiger partial charge in [0.05, 0.1) is 11.7 Å². The minimum atomic E-state index is -4.49. The van der Waals surface area contributed by atoms with Crippen molar-refractivity contribution >= 4 is 5.97 Å². The number of benzene rings is 1. The van der Waals surface area contributed by atoms with Crippen LogP contribution in [0.15, 0.2) is 59.7 Å². The molecule has 0 fully saturated rings. The monoisotopic (exact) mass is 448 g/mol. The summed E-state index contributed by atoms with van der Waals surface area (Å²) >= 11 is 0. The van der Waals surface area contributed by atoms with E-state index < -0.39 is 40.9 Å². The first-order valence-corrected chi connectivity index (χ1v) is 10.00. The van der Waals surface area contributed by atoms with Crippen molar-refractivity contribution in [1.82, 2.24) is 0 Å². The zero-order chi connectivity index (χ0) is 24.3. The lowest BCUT2D eigenvalue weighted by atomic mass is 9.64. The number of allylic oxidation sites excluding steroid dienone is 2. The fraction of sp³-hybridized carbons (Fsp3) is 0.400. The van der Waals surface area contributed by atoms with Crippen molar-refractivity contribution in [3.8, 4) is 12.3 Å². The third-order valence-corrected chi connectivity index (χ3v) is 5.70. The van der Waals surface area contributed by atoms with Crippen molar-refractivity contribution in [2.45, 2.75) is 58.1 Å². The molecule has 1 unspecified atom stereocenters. The molecule has 2 rings (SSSR count). The van der Waals surface area contributed by atoms with Crippen LogP contribution in [0.4, 0.5) is 13.2 Å². The van der Waals surface area contributed by atoms with E-state index in [1.165, 1.54) is 12.1 Å². The largest absolute Gasteiger partial charge is 0.478 e. The second-order valence-electron chi connectivity index (χ2n) is 8.61. The van der Waals surface area contributed by atoms with Gasteiger partial charge in [-0.05, 0) is 55.2 Å². The van der Waals surface area contributed by atoms with Crippen molar-refractivity contribution in [3.63, 3.8) is 0 Å². The molecule has 7 heteroatoms. The Morgan fingerprint density at radius 2 is 2.03 bits per heavy atom. The maximum absolute atomic E-state index is 13.1. The molecule has 4 nitrogen and oxygen atoms in total. The summed E-state index contributed by atoms with van der Waals surface area (Å²) in [5, 5.41) is 20.2. The molecule has 0 spiro atoms. The van der Waals surface area contributed by atoms with E-state index in [1.807, 2.05) is 13.8 Å². The van der Waals surface area contributed by atoms with Crippen LogP contribution in [0.5, 0.6) is 0 Å². The first kappa shape index (κ1) is 25.4. The predicted molar refractivity (Wildman–Crippen MR) is 116 cm³/mol. The molecule has 0 saturated carbocycles. The van der Waals surface area contributed by atoms with E-state index in [4.69, 9.17) is 16.3 Å². The Morgan fingerprint density at radius 3 is 2.56 bits per heavy atom. The van der Waals surface area contributed by atoms with Crippen LogP contribution in [-0.2, 0) is 15.7 Å². The molecule has 172 valence electrons. The molecule has 0 radical (unpaired) electrons. The molecule has 3 atom stereocenters.